The molecule has 1 aromatic rings. The predicted molar refractivity (Wildman–Crippen MR) is 78.1 cm³/mol. The zero-order chi connectivity index (χ0) is 13.8. The molecule has 1 fully saturated rings. The number of amides is 1. The average Bonchev–Trinajstić information content (AvgIpc) is 2.39. The number of aryl methyl sites for hydroxylation is 1. The molecule has 1 saturated heterocycles. The lowest BCUT2D eigenvalue weighted by Gasteiger charge is -2.29. The van der Waals surface area contributed by atoms with Crippen molar-refractivity contribution in [3.05, 3.63) is 29.3 Å². The van der Waals surface area contributed by atoms with Crippen molar-refractivity contribution < 1.29 is 4.79 Å². The molecular formula is C15H23N3O. The maximum absolute atomic E-state index is 12.1. The van der Waals surface area contributed by atoms with Gasteiger partial charge in [0.1, 0.15) is 0 Å². The summed E-state index contributed by atoms with van der Waals surface area (Å²) in [5, 5.41) is 3.01. The largest absolute Gasteiger partial charge is 0.398 e. The van der Waals surface area contributed by atoms with Crippen LogP contribution in [0, 0.1) is 12.8 Å². The van der Waals surface area contributed by atoms with Gasteiger partial charge in [0.2, 0.25) is 0 Å². The highest BCUT2D eigenvalue weighted by molar-refractivity contribution is 5.99. The number of piperidine rings is 1. The van der Waals surface area contributed by atoms with Gasteiger partial charge in [0.15, 0.2) is 0 Å². The van der Waals surface area contributed by atoms with Crippen molar-refractivity contribution >= 4 is 11.6 Å². The Bertz CT molecular complexity index is 459. The number of carbonyl (C=O) groups excluding carboxylic acids is 1. The second kappa shape index (κ2) is 6.06. The summed E-state index contributed by atoms with van der Waals surface area (Å²) in [6.45, 7) is 4.92. The molecule has 104 valence electrons. The summed E-state index contributed by atoms with van der Waals surface area (Å²) < 4.78 is 0. The number of likely N-dealkylation sites (tertiary alicyclic amines) is 1. The van der Waals surface area contributed by atoms with Gasteiger partial charge in [-0.25, -0.2) is 0 Å². The summed E-state index contributed by atoms with van der Waals surface area (Å²) in [4.78, 5) is 14.5. The first-order valence-corrected chi connectivity index (χ1v) is 6.89. The highest BCUT2D eigenvalue weighted by Crippen LogP contribution is 2.16. The lowest BCUT2D eigenvalue weighted by atomic mass is 9.98. The van der Waals surface area contributed by atoms with Crippen molar-refractivity contribution in [2.24, 2.45) is 5.92 Å². The van der Waals surface area contributed by atoms with Crippen LogP contribution in [0.3, 0.4) is 0 Å². The molecule has 0 spiro atoms. The second-order valence-corrected chi connectivity index (χ2v) is 5.57. The Balaban J connectivity index is 1.92. The van der Waals surface area contributed by atoms with Crippen molar-refractivity contribution in [2.45, 2.75) is 19.8 Å². The molecule has 1 aliphatic rings. The summed E-state index contributed by atoms with van der Waals surface area (Å²) in [5.41, 5.74) is 8.04. The van der Waals surface area contributed by atoms with Crippen LogP contribution in [0.1, 0.15) is 28.8 Å². The minimum Gasteiger partial charge on any atom is -0.398 e. The third-order valence-corrected chi connectivity index (χ3v) is 3.73. The Labute approximate surface area is 115 Å². The topological polar surface area (TPSA) is 58.4 Å². The first-order valence-electron chi connectivity index (χ1n) is 6.89. The quantitative estimate of drug-likeness (QED) is 0.813. The zero-order valence-electron chi connectivity index (χ0n) is 11.8. The van der Waals surface area contributed by atoms with E-state index < -0.39 is 0 Å². The average molecular weight is 261 g/mol. The molecule has 0 saturated carbocycles. The molecule has 19 heavy (non-hydrogen) atoms. The Hall–Kier alpha value is -1.55. The highest BCUT2D eigenvalue weighted by atomic mass is 16.1. The molecule has 1 aromatic carbocycles. The molecule has 1 atom stereocenters. The van der Waals surface area contributed by atoms with Crippen LogP contribution in [0.2, 0.25) is 0 Å². The Morgan fingerprint density at radius 1 is 1.53 bits per heavy atom. The van der Waals surface area contributed by atoms with Gasteiger partial charge >= 0.3 is 0 Å². The number of nitrogen functional groups attached to an aromatic ring is 1. The number of hydrogen-bond donors (Lipinski definition) is 2. The first kappa shape index (κ1) is 13.9. The van der Waals surface area contributed by atoms with Gasteiger partial charge in [0.25, 0.3) is 5.91 Å². The third kappa shape index (κ3) is 3.70. The van der Waals surface area contributed by atoms with Crippen LogP contribution < -0.4 is 11.1 Å². The van der Waals surface area contributed by atoms with Crippen molar-refractivity contribution in [1.29, 1.82) is 0 Å². The summed E-state index contributed by atoms with van der Waals surface area (Å²) >= 11 is 0. The predicted octanol–water partition coefficient (Wildman–Crippen LogP) is 1.65. The molecule has 4 heteroatoms. The van der Waals surface area contributed by atoms with Gasteiger partial charge in [0.05, 0.1) is 5.56 Å². The Morgan fingerprint density at radius 3 is 3.05 bits per heavy atom. The van der Waals surface area contributed by atoms with Crippen LogP contribution in [0.5, 0.6) is 0 Å². The van der Waals surface area contributed by atoms with Crippen molar-refractivity contribution in [1.82, 2.24) is 10.2 Å². The Kier molecular flexibility index (Phi) is 4.43. The van der Waals surface area contributed by atoms with Gasteiger partial charge in [-0.1, -0.05) is 11.6 Å². The molecule has 2 rings (SSSR count). The summed E-state index contributed by atoms with van der Waals surface area (Å²) in [7, 11) is 2.13. The fourth-order valence-electron chi connectivity index (χ4n) is 2.64. The number of rotatable bonds is 3. The summed E-state index contributed by atoms with van der Waals surface area (Å²) in [6, 6.07) is 5.55. The molecule has 0 bridgehead atoms. The van der Waals surface area contributed by atoms with E-state index in [-0.39, 0.29) is 5.91 Å². The van der Waals surface area contributed by atoms with E-state index in [4.69, 9.17) is 5.73 Å². The number of carbonyl (C=O) groups is 1. The fraction of sp³-hybridized carbons (Fsp3) is 0.533. The van der Waals surface area contributed by atoms with Crippen molar-refractivity contribution in [3.63, 3.8) is 0 Å². The van der Waals surface area contributed by atoms with E-state index >= 15 is 0 Å². The second-order valence-electron chi connectivity index (χ2n) is 5.57. The number of benzene rings is 1. The number of nitrogens with one attached hydrogen (secondary N) is 1. The van der Waals surface area contributed by atoms with E-state index in [1.807, 2.05) is 19.1 Å². The number of nitrogens with zero attached hydrogens (tertiary/aromatic N) is 1. The van der Waals surface area contributed by atoms with E-state index in [0.717, 1.165) is 25.2 Å². The summed E-state index contributed by atoms with van der Waals surface area (Å²) in [6.07, 6.45) is 2.40. The van der Waals surface area contributed by atoms with Gasteiger partial charge in [-0.05, 0) is 51.4 Å². The van der Waals surface area contributed by atoms with Crippen LogP contribution in [0.15, 0.2) is 18.2 Å². The summed E-state index contributed by atoms with van der Waals surface area (Å²) in [5.74, 6) is 0.489. The van der Waals surface area contributed by atoms with Crippen LogP contribution in [0.4, 0.5) is 5.69 Å². The van der Waals surface area contributed by atoms with Gasteiger partial charge in [0, 0.05) is 18.8 Å². The van der Waals surface area contributed by atoms with Gasteiger partial charge in [-0.15, -0.1) is 0 Å². The van der Waals surface area contributed by atoms with Crippen molar-refractivity contribution in [2.75, 3.05) is 32.4 Å². The monoisotopic (exact) mass is 261 g/mol. The standard InChI is InChI=1S/C15H23N3O/c1-11-5-6-14(16)13(8-11)15(19)17-9-12-4-3-7-18(2)10-12/h5-6,8,12H,3-4,7,9-10,16H2,1-2H3,(H,17,19). The maximum atomic E-state index is 12.1. The normalized spacial score (nSPS) is 20.2. The van der Waals surface area contributed by atoms with E-state index in [1.165, 1.54) is 12.8 Å². The maximum Gasteiger partial charge on any atom is 0.253 e. The van der Waals surface area contributed by atoms with Crippen molar-refractivity contribution in [3.8, 4) is 0 Å². The fourth-order valence-corrected chi connectivity index (χ4v) is 2.64. The number of anilines is 1. The minimum absolute atomic E-state index is 0.0607. The van der Waals surface area contributed by atoms with Gasteiger partial charge in [-0.3, -0.25) is 4.79 Å². The molecule has 0 radical (unpaired) electrons. The molecule has 1 heterocycles. The zero-order valence-corrected chi connectivity index (χ0v) is 11.8. The highest BCUT2D eigenvalue weighted by Gasteiger charge is 2.18. The molecule has 1 amide bonds. The molecule has 0 aromatic heterocycles. The molecule has 1 unspecified atom stereocenters. The minimum atomic E-state index is -0.0607. The lowest BCUT2D eigenvalue weighted by Crippen LogP contribution is -2.39. The van der Waals surface area contributed by atoms with Crippen LogP contribution >= 0.6 is 0 Å². The SMILES string of the molecule is Cc1ccc(N)c(C(=O)NCC2CCCN(C)C2)c1. The van der Waals surface area contributed by atoms with E-state index in [9.17, 15) is 4.79 Å². The number of nitrogens with two attached hydrogens (primary N) is 1. The van der Waals surface area contributed by atoms with E-state index in [1.54, 1.807) is 6.07 Å². The first-order chi connectivity index (χ1) is 9.06. The van der Waals surface area contributed by atoms with Crippen LogP contribution in [0.25, 0.3) is 0 Å². The van der Waals surface area contributed by atoms with Gasteiger partial charge < -0.3 is 16.0 Å². The van der Waals surface area contributed by atoms with Crippen LogP contribution in [-0.2, 0) is 0 Å². The van der Waals surface area contributed by atoms with Gasteiger partial charge in [-0.2, -0.15) is 0 Å². The van der Waals surface area contributed by atoms with E-state index in [0.29, 0.717) is 17.2 Å². The Morgan fingerprint density at radius 2 is 2.32 bits per heavy atom. The van der Waals surface area contributed by atoms with E-state index in [2.05, 4.69) is 17.3 Å². The molecular weight excluding hydrogens is 238 g/mol. The lowest BCUT2D eigenvalue weighted by molar-refractivity contribution is 0.0937. The van der Waals surface area contributed by atoms with Crippen LogP contribution in [-0.4, -0.2) is 37.5 Å². The number of hydrogen-bond acceptors (Lipinski definition) is 3. The molecule has 1 aliphatic heterocycles. The third-order valence-electron chi connectivity index (χ3n) is 3.73. The molecule has 0 aliphatic carbocycles. The molecule has 4 nitrogen and oxygen atoms in total. The smallest absolute Gasteiger partial charge is 0.253 e. The molecule has 3 N–H and O–H groups in total.